The topological polar surface area (TPSA) is 80.6 Å². The van der Waals surface area contributed by atoms with E-state index in [2.05, 4.69) is 10.0 Å². The monoisotopic (exact) mass is 296 g/mol. The fraction of sp³-hybridized carbons (Fsp3) is 0.231. The summed E-state index contributed by atoms with van der Waals surface area (Å²) in [5, 5.41) is 3.04. The van der Waals surface area contributed by atoms with Crippen molar-refractivity contribution < 1.29 is 17.6 Å². The highest BCUT2D eigenvalue weighted by atomic mass is 32.2. The molecule has 7 heteroatoms. The molecule has 0 saturated carbocycles. The van der Waals surface area contributed by atoms with Gasteiger partial charge in [0.15, 0.2) is 0 Å². The minimum absolute atomic E-state index is 0.0912. The molecule has 2 N–H and O–H groups in total. The Hall–Kier alpha value is -1.99. The van der Waals surface area contributed by atoms with Gasteiger partial charge in [-0.25, -0.2) is 13.1 Å². The van der Waals surface area contributed by atoms with Gasteiger partial charge in [0, 0.05) is 5.69 Å². The third kappa shape index (κ3) is 3.31. The Labute approximate surface area is 117 Å². The first-order chi connectivity index (χ1) is 9.55. The van der Waals surface area contributed by atoms with Crippen molar-refractivity contribution in [1.82, 2.24) is 4.72 Å². The number of hydrogen-bond donors (Lipinski definition) is 2. The van der Waals surface area contributed by atoms with E-state index in [1.807, 2.05) is 24.3 Å². The highest BCUT2D eigenvalue weighted by Crippen LogP contribution is 2.17. The standard InChI is InChI=1S/C13H16N2O4S/c1-14-20(16,17)13-8-7-12(19-13)9-15-10-3-5-11(18-2)6-4-10/h3-8,14-15H,9H2,1-2H3. The lowest BCUT2D eigenvalue weighted by molar-refractivity contribution is 0.414. The fourth-order valence-corrected chi connectivity index (χ4v) is 2.26. The molecule has 0 aliphatic carbocycles. The van der Waals surface area contributed by atoms with Crippen LogP contribution in [0.5, 0.6) is 5.75 Å². The molecule has 0 fully saturated rings. The molecule has 0 aliphatic heterocycles. The van der Waals surface area contributed by atoms with E-state index < -0.39 is 10.0 Å². The molecule has 0 saturated heterocycles. The number of ether oxygens (including phenoxy) is 1. The van der Waals surface area contributed by atoms with Crippen molar-refractivity contribution in [1.29, 1.82) is 0 Å². The van der Waals surface area contributed by atoms with Crippen molar-refractivity contribution in [2.75, 3.05) is 19.5 Å². The number of rotatable bonds is 6. The predicted molar refractivity (Wildman–Crippen MR) is 75.3 cm³/mol. The van der Waals surface area contributed by atoms with Gasteiger partial charge in [0.1, 0.15) is 11.5 Å². The van der Waals surface area contributed by atoms with Gasteiger partial charge < -0.3 is 14.5 Å². The lowest BCUT2D eigenvalue weighted by Crippen LogP contribution is -2.17. The zero-order chi connectivity index (χ0) is 14.6. The molecule has 0 spiro atoms. The molecule has 20 heavy (non-hydrogen) atoms. The van der Waals surface area contributed by atoms with Gasteiger partial charge in [0.05, 0.1) is 13.7 Å². The Morgan fingerprint density at radius 3 is 2.45 bits per heavy atom. The second-order valence-corrected chi connectivity index (χ2v) is 5.83. The molecule has 0 unspecified atom stereocenters. The van der Waals surface area contributed by atoms with Gasteiger partial charge >= 0.3 is 0 Å². The van der Waals surface area contributed by atoms with Crippen LogP contribution in [0.3, 0.4) is 0 Å². The van der Waals surface area contributed by atoms with Crippen LogP contribution in [0.2, 0.25) is 0 Å². The van der Waals surface area contributed by atoms with Crippen LogP contribution in [-0.4, -0.2) is 22.6 Å². The minimum Gasteiger partial charge on any atom is -0.497 e. The Morgan fingerprint density at radius 1 is 1.15 bits per heavy atom. The highest BCUT2D eigenvalue weighted by Gasteiger charge is 2.15. The maximum absolute atomic E-state index is 11.5. The van der Waals surface area contributed by atoms with Crippen molar-refractivity contribution >= 4 is 15.7 Å². The Balaban J connectivity index is 2.00. The summed E-state index contributed by atoms with van der Waals surface area (Å²) in [5.41, 5.74) is 0.889. The molecule has 0 bridgehead atoms. The maximum atomic E-state index is 11.5. The van der Waals surface area contributed by atoms with E-state index in [-0.39, 0.29) is 5.09 Å². The molecule has 2 rings (SSSR count). The van der Waals surface area contributed by atoms with Crippen LogP contribution in [0.4, 0.5) is 5.69 Å². The average Bonchev–Trinajstić information content (AvgIpc) is 2.95. The third-order valence-corrected chi connectivity index (χ3v) is 4.01. The van der Waals surface area contributed by atoms with Crippen molar-refractivity contribution in [3.63, 3.8) is 0 Å². The highest BCUT2D eigenvalue weighted by molar-refractivity contribution is 7.89. The quantitative estimate of drug-likeness (QED) is 0.849. The second kappa shape index (κ2) is 5.98. The number of methoxy groups -OCH3 is 1. The zero-order valence-corrected chi connectivity index (χ0v) is 12.0. The Morgan fingerprint density at radius 2 is 1.85 bits per heavy atom. The minimum atomic E-state index is -3.53. The molecule has 1 aromatic heterocycles. The van der Waals surface area contributed by atoms with E-state index in [1.54, 1.807) is 13.2 Å². The number of sulfonamides is 1. The molecule has 1 heterocycles. The lowest BCUT2D eigenvalue weighted by atomic mass is 10.3. The van der Waals surface area contributed by atoms with E-state index >= 15 is 0 Å². The molecule has 0 radical (unpaired) electrons. The van der Waals surface area contributed by atoms with Crippen molar-refractivity contribution in [2.45, 2.75) is 11.6 Å². The molecule has 0 amide bonds. The van der Waals surface area contributed by atoms with Crippen LogP contribution >= 0.6 is 0 Å². The normalized spacial score (nSPS) is 11.3. The van der Waals surface area contributed by atoms with Crippen molar-refractivity contribution in [3.05, 3.63) is 42.2 Å². The lowest BCUT2D eigenvalue weighted by Gasteiger charge is -2.05. The first-order valence-corrected chi connectivity index (χ1v) is 7.43. The van der Waals surface area contributed by atoms with E-state index in [0.29, 0.717) is 12.3 Å². The summed E-state index contributed by atoms with van der Waals surface area (Å²) in [6.45, 7) is 0.394. The van der Waals surface area contributed by atoms with Crippen molar-refractivity contribution in [3.8, 4) is 5.75 Å². The van der Waals surface area contributed by atoms with E-state index in [9.17, 15) is 8.42 Å². The summed E-state index contributed by atoms with van der Waals surface area (Å²) in [5.74, 6) is 1.31. The van der Waals surface area contributed by atoms with Crippen LogP contribution in [0.15, 0.2) is 45.9 Å². The van der Waals surface area contributed by atoms with Crippen molar-refractivity contribution in [2.24, 2.45) is 0 Å². The molecule has 0 aliphatic rings. The average molecular weight is 296 g/mol. The summed E-state index contributed by atoms with van der Waals surface area (Å²) in [6.07, 6.45) is 0. The summed E-state index contributed by atoms with van der Waals surface area (Å²) >= 11 is 0. The smallest absolute Gasteiger partial charge is 0.273 e. The van der Waals surface area contributed by atoms with Gasteiger partial charge in [0.25, 0.3) is 10.0 Å². The van der Waals surface area contributed by atoms with Gasteiger partial charge in [-0.2, -0.15) is 0 Å². The fourth-order valence-electron chi connectivity index (χ4n) is 1.60. The van der Waals surface area contributed by atoms with Crippen LogP contribution in [0.1, 0.15) is 5.76 Å². The molecule has 108 valence electrons. The summed E-state index contributed by atoms with van der Waals surface area (Å²) in [4.78, 5) is 0. The Kier molecular flexibility index (Phi) is 4.31. The summed E-state index contributed by atoms with van der Waals surface area (Å²) in [6, 6.07) is 10.5. The van der Waals surface area contributed by atoms with E-state index in [0.717, 1.165) is 11.4 Å². The van der Waals surface area contributed by atoms with Gasteiger partial charge in [0.2, 0.25) is 5.09 Å². The van der Waals surface area contributed by atoms with Crippen LogP contribution in [0, 0.1) is 0 Å². The third-order valence-electron chi connectivity index (χ3n) is 2.73. The first kappa shape index (κ1) is 14.4. The number of nitrogens with one attached hydrogen (secondary N) is 2. The summed E-state index contributed by atoms with van der Waals surface area (Å²) < 4.78 is 35.6. The zero-order valence-electron chi connectivity index (χ0n) is 11.2. The Bertz CT molecular complexity index is 662. The maximum Gasteiger partial charge on any atom is 0.273 e. The van der Waals surface area contributed by atoms with Gasteiger partial charge in [-0.1, -0.05) is 0 Å². The number of hydrogen-bond acceptors (Lipinski definition) is 5. The molecule has 6 nitrogen and oxygen atoms in total. The first-order valence-electron chi connectivity index (χ1n) is 5.95. The number of benzene rings is 1. The van der Waals surface area contributed by atoms with E-state index in [4.69, 9.17) is 9.15 Å². The predicted octanol–water partition coefficient (Wildman–Crippen LogP) is 1.81. The van der Waals surface area contributed by atoms with Crippen LogP contribution in [-0.2, 0) is 16.6 Å². The molecule has 0 atom stereocenters. The van der Waals surface area contributed by atoms with Gasteiger partial charge in [-0.05, 0) is 43.4 Å². The summed E-state index contributed by atoms with van der Waals surface area (Å²) in [7, 11) is -0.584. The van der Waals surface area contributed by atoms with E-state index in [1.165, 1.54) is 13.1 Å². The molecular formula is C13H16N2O4S. The number of anilines is 1. The van der Waals surface area contributed by atoms with Crippen LogP contribution in [0.25, 0.3) is 0 Å². The second-order valence-electron chi connectivity index (χ2n) is 4.01. The largest absolute Gasteiger partial charge is 0.497 e. The number of furan rings is 1. The SMILES string of the molecule is CNS(=O)(=O)c1ccc(CNc2ccc(OC)cc2)o1. The van der Waals surface area contributed by atoms with Gasteiger partial charge in [-0.15, -0.1) is 0 Å². The molecular weight excluding hydrogens is 280 g/mol. The molecule has 1 aromatic carbocycles. The van der Waals surface area contributed by atoms with Crippen LogP contribution < -0.4 is 14.8 Å². The van der Waals surface area contributed by atoms with Gasteiger partial charge in [-0.3, -0.25) is 0 Å². The molecule has 2 aromatic rings.